The highest BCUT2D eigenvalue weighted by molar-refractivity contribution is 5.83. The number of hydrogen-bond acceptors (Lipinski definition) is 8. The predicted octanol–water partition coefficient (Wildman–Crippen LogP) is 2.63. The number of halogens is 1. The van der Waals surface area contributed by atoms with Crippen LogP contribution in [-0.2, 0) is 4.79 Å². The van der Waals surface area contributed by atoms with Crippen LogP contribution in [0.2, 0.25) is 0 Å². The average molecular weight is 439 g/mol. The summed E-state index contributed by atoms with van der Waals surface area (Å²) in [5.74, 6) is 1.07. The Morgan fingerprint density at radius 2 is 1.88 bits per heavy atom. The fourth-order valence-electron chi connectivity index (χ4n) is 4.10. The standard InChI is InChI=1S/C22H27FN8O/c1-11-8-15-9-16(12(2)26-22-28-13(3)27-21(25)30-22)20(29-18(15)10-17(11)23)31-6-4-14(5-7-31)19(24)32/h8-10,12,14H,4-7H2,1-3H3,(H2,24,32)(H3,25,26,27,28,30). The van der Waals surface area contributed by atoms with Crippen molar-refractivity contribution in [1.82, 2.24) is 19.9 Å². The Balaban J connectivity index is 1.73. The van der Waals surface area contributed by atoms with Gasteiger partial charge in [-0.2, -0.15) is 15.0 Å². The lowest BCUT2D eigenvalue weighted by Gasteiger charge is -2.34. The van der Waals surface area contributed by atoms with Crippen molar-refractivity contribution in [2.45, 2.75) is 39.7 Å². The first-order valence-electron chi connectivity index (χ1n) is 10.6. The molecule has 0 aliphatic carbocycles. The van der Waals surface area contributed by atoms with E-state index >= 15 is 0 Å². The van der Waals surface area contributed by atoms with Crippen molar-refractivity contribution in [3.05, 3.63) is 41.0 Å². The zero-order chi connectivity index (χ0) is 23.0. The number of fused-ring (bicyclic) bond motifs is 1. The fraction of sp³-hybridized carbons (Fsp3) is 0.409. The molecular formula is C22H27FN8O. The minimum Gasteiger partial charge on any atom is -0.369 e. The number of anilines is 3. The molecule has 1 aliphatic rings. The maximum atomic E-state index is 14.2. The number of carbonyl (C=O) groups excluding carboxylic acids is 1. The lowest BCUT2D eigenvalue weighted by atomic mass is 9.95. The van der Waals surface area contributed by atoms with Crippen LogP contribution in [0, 0.1) is 25.6 Å². The predicted molar refractivity (Wildman–Crippen MR) is 122 cm³/mol. The van der Waals surface area contributed by atoms with E-state index in [2.05, 4.69) is 25.2 Å². The molecule has 1 atom stereocenters. The van der Waals surface area contributed by atoms with E-state index in [1.165, 1.54) is 6.07 Å². The van der Waals surface area contributed by atoms with Crippen molar-refractivity contribution < 1.29 is 9.18 Å². The molecule has 10 heteroatoms. The third kappa shape index (κ3) is 4.39. The Bertz CT molecular complexity index is 1160. The van der Waals surface area contributed by atoms with Crippen LogP contribution in [0.15, 0.2) is 18.2 Å². The number of pyridine rings is 1. The van der Waals surface area contributed by atoms with Crippen LogP contribution in [-0.4, -0.2) is 38.9 Å². The Labute approximate surface area is 185 Å². The van der Waals surface area contributed by atoms with E-state index in [1.807, 2.05) is 13.0 Å². The summed E-state index contributed by atoms with van der Waals surface area (Å²) in [7, 11) is 0. The minimum atomic E-state index is -0.293. The first-order chi connectivity index (χ1) is 15.2. The number of rotatable bonds is 5. The zero-order valence-corrected chi connectivity index (χ0v) is 18.4. The molecule has 168 valence electrons. The highest BCUT2D eigenvalue weighted by Crippen LogP contribution is 2.33. The van der Waals surface area contributed by atoms with Gasteiger partial charge < -0.3 is 21.7 Å². The number of aromatic nitrogens is 4. The summed E-state index contributed by atoms with van der Waals surface area (Å²) in [6.45, 7) is 6.73. The Morgan fingerprint density at radius 1 is 1.16 bits per heavy atom. The number of carbonyl (C=O) groups is 1. The van der Waals surface area contributed by atoms with Gasteiger partial charge in [-0.15, -0.1) is 0 Å². The van der Waals surface area contributed by atoms with Crippen LogP contribution in [0.5, 0.6) is 0 Å². The molecule has 1 fully saturated rings. The van der Waals surface area contributed by atoms with Crippen LogP contribution in [0.4, 0.5) is 22.1 Å². The average Bonchev–Trinajstić information content (AvgIpc) is 2.73. The van der Waals surface area contributed by atoms with Crippen molar-refractivity contribution >= 4 is 34.5 Å². The van der Waals surface area contributed by atoms with E-state index < -0.39 is 0 Å². The van der Waals surface area contributed by atoms with Crippen molar-refractivity contribution in [2.75, 3.05) is 29.0 Å². The van der Waals surface area contributed by atoms with E-state index in [4.69, 9.17) is 16.5 Å². The first kappa shape index (κ1) is 21.7. The number of nitrogen functional groups attached to an aromatic ring is 1. The summed E-state index contributed by atoms with van der Waals surface area (Å²) in [6.07, 6.45) is 1.31. The molecule has 5 N–H and O–H groups in total. The molecule has 4 rings (SSSR count). The first-order valence-corrected chi connectivity index (χ1v) is 10.6. The lowest BCUT2D eigenvalue weighted by molar-refractivity contribution is -0.122. The van der Waals surface area contributed by atoms with Crippen LogP contribution >= 0.6 is 0 Å². The summed E-state index contributed by atoms with van der Waals surface area (Å²) in [5.41, 5.74) is 13.3. The molecule has 0 spiro atoms. The molecule has 0 saturated carbocycles. The maximum Gasteiger partial charge on any atom is 0.228 e. The van der Waals surface area contributed by atoms with Crippen LogP contribution in [0.1, 0.15) is 42.8 Å². The third-order valence-electron chi connectivity index (χ3n) is 5.88. The molecule has 1 aromatic carbocycles. The quantitative estimate of drug-likeness (QED) is 0.553. The summed E-state index contributed by atoms with van der Waals surface area (Å²) in [4.78, 5) is 31.0. The van der Waals surface area contributed by atoms with Crippen molar-refractivity contribution in [2.24, 2.45) is 11.7 Å². The van der Waals surface area contributed by atoms with Gasteiger partial charge in [-0.1, -0.05) is 0 Å². The minimum absolute atomic E-state index is 0.137. The number of piperidine rings is 1. The van der Waals surface area contributed by atoms with Gasteiger partial charge in [-0.05, 0) is 51.3 Å². The SMILES string of the molecule is Cc1nc(N)nc(NC(C)c2cc3cc(C)c(F)cc3nc2N2CCC(C(N)=O)CC2)n1. The number of hydrogen-bond donors (Lipinski definition) is 3. The molecule has 1 amide bonds. The molecule has 1 unspecified atom stereocenters. The van der Waals surface area contributed by atoms with Gasteiger partial charge in [0.15, 0.2) is 0 Å². The number of benzene rings is 1. The van der Waals surface area contributed by atoms with Crippen molar-refractivity contribution in [3.8, 4) is 0 Å². The van der Waals surface area contributed by atoms with E-state index in [-0.39, 0.29) is 29.6 Å². The van der Waals surface area contributed by atoms with E-state index in [1.54, 1.807) is 19.9 Å². The Kier molecular flexibility index (Phi) is 5.77. The van der Waals surface area contributed by atoms with E-state index in [0.29, 0.717) is 48.8 Å². The van der Waals surface area contributed by atoms with Crippen molar-refractivity contribution in [3.63, 3.8) is 0 Å². The largest absolute Gasteiger partial charge is 0.369 e. The van der Waals surface area contributed by atoms with Gasteiger partial charge in [0.2, 0.25) is 17.8 Å². The fourth-order valence-corrected chi connectivity index (χ4v) is 4.10. The van der Waals surface area contributed by atoms with Gasteiger partial charge in [0.25, 0.3) is 0 Å². The number of amides is 1. The van der Waals surface area contributed by atoms with Gasteiger partial charge in [-0.3, -0.25) is 4.79 Å². The second kappa shape index (κ2) is 8.52. The topological polar surface area (TPSA) is 136 Å². The molecule has 0 bridgehead atoms. The number of primary amides is 1. The van der Waals surface area contributed by atoms with Gasteiger partial charge in [0, 0.05) is 36.0 Å². The molecule has 9 nitrogen and oxygen atoms in total. The van der Waals surface area contributed by atoms with Crippen LogP contribution < -0.4 is 21.7 Å². The highest BCUT2D eigenvalue weighted by Gasteiger charge is 2.27. The van der Waals surface area contributed by atoms with Gasteiger partial charge in [0.1, 0.15) is 17.5 Å². The van der Waals surface area contributed by atoms with Crippen LogP contribution in [0.25, 0.3) is 10.9 Å². The summed E-state index contributed by atoms with van der Waals surface area (Å²) < 4.78 is 14.2. The number of nitrogens with one attached hydrogen (secondary N) is 1. The second-order valence-corrected chi connectivity index (χ2v) is 8.29. The molecule has 32 heavy (non-hydrogen) atoms. The zero-order valence-electron chi connectivity index (χ0n) is 18.4. The Morgan fingerprint density at radius 3 is 2.53 bits per heavy atom. The number of nitrogens with two attached hydrogens (primary N) is 2. The molecule has 1 saturated heterocycles. The molecule has 2 aromatic heterocycles. The molecule has 0 radical (unpaired) electrons. The smallest absolute Gasteiger partial charge is 0.228 e. The molecule has 3 aromatic rings. The Hall–Kier alpha value is -3.56. The van der Waals surface area contributed by atoms with Crippen molar-refractivity contribution in [1.29, 1.82) is 0 Å². The monoisotopic (exact) mass is 438 g/mol. The number of aryl methyl sites for hydroxylation is 2. The van der Waals surface area contributed by atoms with E-state index in [0.717, 1.165) is 16.8 Å². The second-order valence-electron chi connectivity index (χ2n) is 8.29. The van der Waals surface area contributed by atoms with E-state index in [9.17, 15) is 9.18 Å². The van der Waals surface area contributed by atoms with Crippen LogP contribution in [0.3, 0.4) is 0 Å². The maximum absolute atomic E-state index is 14.2. The normalized spacial score (nSPS) is 15.7. The third-order valence-corrected chi connectivity index (χ3v) is 5.88. The summed E-state index contributed by atoms with van der Waals surface area (Å²) >= 11 is 0. The summed E-state index contributed by atoms with van der Waals surface area (Å²) in [6, 6.07) is 5.05. The lowest BCUT2D eigenvalue weighted by Crippen LogP contribution is -2.39. The summed E-state index contributed by atoms with van der Waals surface area (Å²) in [5, 5.41) is 4.12. The highest BCUT2D eigenvalue weighted by atomic mass is 19.1. The van der Waals surface area contributed by atoms with Gasteiger partial charge >= 0.3 is 0 Å². The van der Waals surface area contributed by atoms with Gasteiger partial charge in [-0.25, -0.2) is 9.37 Å². The number of nitrogens with zero attached hydrogens (tertiary/aromatic N) is 5. The molecule has 3 heterocycles. The molecular weight excluding hydrogens is 411 g/mol. The van der Waals surface area contributed by atoms with Gasteiger partial charge in [0.05, 0.1) is 11.6 Å². The molecule has 1 aliphatic heterocycles.